The van der Waals surface area contributed by atoms with E-state index in [1.54, 1.807) is 9.80 Å². The number of carbonyl (C=O) groups is 2. The number of rotatable bonds is 4. The van der Waals surface area contributed by atoms with E-state index in [0.29, 0.717) is 32.5 Å². The minimum absolute atomic E-state index is 0.0515. The van der Waals surface area contributed by atoms with Crippen molar-refractivity contribution in [1.82, 2.24) is 9.80 Å². The minimum Gasteiger partial charge on any atom is -0.444 e. The van der Waals surface area contributed by atoms with Gasteiger partial charge in [-0.15, -0.1) is 0 Å². The topological polar surface area (TPSA) is 84.0 Å². The zero-order chi connectivity index (χ0) is 19.8. The Hall–Kier alpha value is -1.80. The van der Waals surface area contributed by atoms with Gasteiger partial charge in [-0.25, -0.2) is 13.2 Å². The summed E-state index contributed by atoms with van der Waals surface area (Å²) in [4.78, 5) is 28.3. The Morgan fingerprint density at radius 3 is 2.48 bits per heavy atom. The number of halogens is 1. The summed E-state index contributed by atoms with van der Waals surface area (Å²) in [5.41, 5.74) is 0.286. The van der Waals surface area contributed by atoms with Crippen LogP contribution >= 0.6 is 11.6 Å². The van der Waals surface area contributed by atoms with Gasteiger partial charge in [0.1, 0.15) is 6.10 Å². The van der Waals surface area contributed by atoms with Gasteiger partial charge in [-0.2, -0.15) is 0 Å². The molecular weight excluding hydrogens is 392 g/mol. The van der Waals surface area contributed by atoms with Crippen LogP contribution < -0.4 is 0 Å². The highest BCUT2D eigenvalue weighted by atomic mass is 35.5. The van der Waals surface area contributed by atoms with Crippen molar-refractivity contribution >= 4 is 33.4 Å². The number of cyclic esters (lactones) is 1. The number of hydrogen-bond donors (Lipinski definition) is 0. The highest BCUT2D eigenvalue weighted by molar-refractivity contribution is 7.90. The number of ether oxygens (including phenoxy) is 1. The van der Waals surface area contributed by atoms with Crippen molar-refractivity contribution in [3.8, 4) is 0 Å². The molecule has 2 aliphatic rings. The number of piperidine rings is 1. The quantitative estimate of drug-likeness (QED) is 0.756. The molecule has 1 atom stereocenters. The zero-order valence-corrected chi connectivity index (χ0v) is 16.9. The van der Waals surface area contributed by atoms with Crippen molar-refractivity contribution in [2.24, 2.45) is 0 Å². The van der Waals surface area contributed by atoms with E-state index >= 15 is 0 Å². The van der Waals surface area contributed by atoms with Crippen LogP contribution in [-0.2, 0) is 14.6 Å². The van der Waals surface area contributed by atoms with Crippen LogP contribution in [-0.4, -0.2) is 68.3 Å². The molecule has 1 aromatic carbocycles. The van der Waals surface area contributed by atoms with Gasteiger partial charge in [-0.3, -0.25) is 4.79 Å². The molecule has 2 aliphatic heterocycles. The molecule has 1 aromatic rings. The molecule has 2 heterocycles. The van der Waals surface area contributed by atoms with Crippen molar-refractivity contribution in [1.29, 1.82) is 0 Å². The van der Waals surface area contributed by atoms with Crippen LogP contribution in [0.3, 0.4) is 0 Å². The van der Waals surface area contributed by atoms with Crippen LogP contribution in [0.4, 0.5) is 4.79 Å². The van der Waals surface area contributed by atoms with Crippen molar-refractivity contribution in [3.63, 3.8) is 0 Å². The number of amides is 2. The fraction of sp³-hybridized carbons (Fsp3) is 0.556. The van der Waals surface area contributed by atoms with Crippen LogP contribution in [0.2, 0.25) is 5.02 Å². The highest BCUT2D eigenvalue weighted by Crippen LogP contribution is 2.26. The standard InChI is InChI=1S/C18H23ClN2O5S/c1-3-13-11-21(18(23)26-13)12-6-8-20(9-7-12)17(22)15-5-4-14(10-16(15)19)27(2,24)25/h4-5,10,12-13H,3,6-9,11H2,1-2H3. The Balaban J connectivity index is 1.64. The molecule has 0 radical (unpaired) electrons. The average molecular weight is 415 g/mol. The van der Waals surface area contributed by atoms with Crippen molar-refractivity contribution in [2.75, 3.05) is 25.9 Å². The Morgan fingerprint density at radius 1 is 1.30 bits per heavy atom. The van der Waals surface area contributed by atoms with Gasteiger partial charge in [0.2, 0.25) is 0 Å². The monoisotopic (exact) mass is 414 g/mol. The average Bonchev–Trinajstić information content (AvgIpc) is 3.01. The zero-order valence-electron chi connectivity index (χ0n) is 15.4. The molecule has 9 heteroatoms. The molecule has 3 rings (SSSR count). The molecule has 0 aromatic heterocycles. The Bertz CT molecular complexity index is 849. The SMILES string of the molecule is CCC1CN(C2CCN(C(=O)c3ccc(S(C)(=O)=O)cc3Cl)CC2)C(=O)O1. The van der Waals surface area contributed by atoms with Gasteiger partial charge in [0.25, 0.3) is 5.91 Å². The smallest absolute Gasteiger partial charge is 0.410 e. The van der Waals surface area contributed by atoms with Gasteiger partial charge >= 0.3 is 6.09 Å². The third-order valence-corrected chi connectivity index (χ3v) is 6.57. The minimum atomic E-state index is -3.38. The second-order valence-electron chi connectivity index (χ2n) is 7.00. The van der Waals surface area contributed by atoms with Gasteiger partial charge in [0.15, 0.2) is 9.84 Å². The summed E-state index contributed by atoms with van der Waals surface area (Å²) in [6.07, 6.45) is 2.92. The van der Waals surface area contributed by atoms with Gasteiger partial charge in [-0.05, 0) is 37.5 Å². The summed E-state index contributed by atoms with van der Waals surface area (Å²) in [5.74, 6) is -0.228. The van der Waals surface area contributed by atoms with Gasteiger partial charge < -0.3 is 14.5 Å². The molecule has 0 N–H and O–H groups in total. The van der Waals surface area contributed by atoms with Crippen molar-refractivity contribution in [3.05, 3.63) is 28.8 Å². The molecular formula is C18H23ClN2O5S. The number of nitrogens with zero attached hydrogens (tertiary/aromatic N) is 2. The lowest BCUT2D eigenvalue weighted by atomic mass is 10.0. The van der Waals surface area contributed by atoms with E-state index in [4.69, 9.17) is 16.3 Å². The molecule has 7 nitrogen and oxygen atoms in total. The van der Waals surface area contributed by atoms with Crippen LogP contribution in [0.1, 0.15) is 36.5 Å². The lowest BCUT2D eigenvalue weighted by Gasteiger charge is -2.35. The number of benzene rings is 1. The molecule has 27 heavy (non-hydrogen) atoms. The fourth-order valence-corrected chi connectivity index (χ4v) is 4.48. The highest BCUT2D eigenvalue weighted by Gasteiger charge is 2.37. The first kappa shape index (κ1) is 19.9. The van der Waals surface area contributed by atoms with Gasteiger partial charge in [-0.1, -0.05) is 18.5 Å². The van der Waals surface area contributed by atoms with Gasteiger partial charge in [0.05, 0.1) is 22.0 Å². The number of hydrogen-bond acceptors (Lipinski definition) is 5. The number of likely N-dealkylation sites (tertiary alicyclic amines) is 1. The largest absolute Gasteiger partial charge is 0.444 e. The number of carbonyl (C=O) groups excluding carboxylic acids is 2. The first-order valence-corrected chi connectivity index (χ1v) is 11.2. The summed E-state index contributed by atoms with van der Waals surface area (Å²) in [7, 11) is -3.38. The molecule has 1 unspecified atom stereocenters. The van der Waals surface area contributed by atoms with Crippen LogP contribution in [0.5, 0.6) is 0 Å². The predicted octanol–water partition coefficient (Wildman–Crippen LogP) is 2.58. The van der Waals surface area contributed by atoms with E-state index < -0.39 is 9.84 Å². The van der Waals surface area contributed by atoms with Crippen molar-refractivity contribution < 1.29 is 22.7 Å². The molecule has 0 saturated carbocycles. The molecule has 148 valence electrons. The van der Waals surface area contributed by atoms with Crippen molar-refractivity contribution in [2.45, 2.75) is 43.2 Å². The molecule has 2 amide bonds. The number of sulfone groups is 1. The lowest BCUT2D eigenvalue weighted by molar-refractivity contribution is 0.0658. The lowest BCUT2D eigenvalue weighted by Crippen LogP contribution is -2.47. The van der Waals surface area contributed by atoms with Crippen LogP contribution in [0.25, 0.3) is 0 Å². The van der Waals surface area contributed by atoms with E-state index in [0.717, 1.165) is 12.7 Å². The second kappa shape index (κ2) is 7.67. The Labute approximate surface area is 164 Å². The summed E-state index contributed by atoms with van der Waals surface area (Å²) >= 11 is 6.15. The van der Waals surface area contributed by atoms with E-state index in [1.165, 1.54) is 18.2 Å². The van der Waals surface area contributed by atoms with E-state index in [1.807, 2.05) is 6.92 Å². The van der Waals surface area contributed by atoms with E-state index in [2.05, 4.69) is 0 Å². The summed E-state index contributed by atoms with van der Waals surface area (Å²) < 4.78 is 28.5. The fourth-order valence-electron chi connectivity index (χ4n) is 3.50. The summed E-state index contributed by atoms with van der Waals surface area (Å²) in [5, 5.41) is 0.124. The summed E-state index contributed by atoms with van der Waals surface area (Å²) in [6.45, 7) is 3.61. The first-order chi connectivity index (χ1) is 12.7. The molecule has 2 fully saturated rings. The van der Waals surface area contributed by atoms with Crippen LogP contribution in [0, 0.1) is 0 Å². The van der Waals surface area contributed by atoms with E-state index in [9.17, 15) is 18.0 Å². The maximum Gasteiger partial charge on any atom is 0.410 e. The Kier molecular flexibility index (Phi) is 5.67. The predicted molar refractivity (Wildman–Crippen MR) is 101 cm³/mol. The summed E-state index contributed by atoms with van der Waals surface area (Å²) in [6, 6.07) is 4.23. The third kappa shape index (κ3) is 4.21. The maximum atomic E-state index is 12.8. The van der Waals surface area contributed by atoms with Crippen LogP contribution in [0.15, 0.2) is 23.1 Å². The van der Waals surface area contributed by atoms with E-state index in [-0.39, 0.29) is 39.6 Å². The third-order valence-electron chi connectivity index (χ3n) is 5.15. The molecule has 2 saturated heterocycles. The molecule has 0 spiro atoms. The Morgan fingerprint density at radius 2 is 1.96 bits per heavy atom. The van der Waals surface area contributed by atoms with Gasteiger partial charge in [0, 0.05) is 25.4 Å². The second-order valence-corrected chi connectivity index (χ2v) is 9.43. The molecule has 0 bridgehead atoms. The maximum absolute atomic E-state index is 12.8. The first-order valence-electron chi connectivity index (χ1n) is 8.96. The normalized spacial score (nSPS) is 21.4. The molecule has 0 aliphatic carbocycles.